The molecule has 7 heteroatoms. The zero-order chi connectivity index (χ0) is 13.8. The Morgan fingerprint density at radius 2 is 1.89 bits per heavy atom. The minimum Gasteiger partial charge on any atom is -0.508 e. The minimum absolute atomic E-state index is 0.0637. The van der Waals surface area contributed by atoms with Crippen LogP contribution in [0.15, 0.2) is 24.3 Å². The molecule has 0 saturated carbocycles. The van der Waals surface area contributed by atoms with E-state index in [-0.39, 0.29) is 12.2 Å². The molecule has 0 heterocycles. The lowest BCUT2D eigenvalue weighted by Gasteiger charge is -2.13. The number of carbonyl (C=O) groups is 1. The molecule has 0 saturated heterocycles. The van der Waals surface area contributed by atoms with E-state index in [1.165, 1.54) is 12.1 Å². The fourth-order valence-corrected chi connectivity index (χ4v) is 1.30. The van der Waals surface area contributed by atoms with E-state index in [9.17, 15) is 18.0 Å². The van der Waals surface area contributed by atoms with Gasteiger partial charge < -0.3 is 16.2 Å². The van der Waals surface area contributed by atoms with E-state index in [0.29, 0.717) is 5.56 Å². The maximum Gasteiger partial charge on any atom is 0.405 e. The normalized spacial score (nSPS) is 13.1. The van der Waals surface area contributed by atoms with Crippen molar-refractivity contribution >= 4 is 5.91 Å². The number of alkyl halides is 3. The second-order valence-electron chi connectivity index (χ2n) is 3.81. The number of rotatable bonds is 4. The molecule has 0 aliphatic heterocycles. The van der Waals surface area contributed by atoms with Crippen LogP contribution in [-0.2, 0) is 11.2 Å². The van der Waals surface area contributed by atoms with Gasteiger partial charge in [0, 0.05) is 0 Å². The first kappa shape index (κ1) is 14.3. The van der Waals surface area contributed by atoms with Gasteiger partial charge in [-0.15, -0.1) is 0 Å². The van der Waals surface area contributed by atoms with Crippen molar-refractivity contribution in [2.24, 2.45) is 5.73 Å². The number of aromatic hydroxyl groups is 1. The van der Waals surface area contributed by atoms with Gasteiger partial charge in [-0.3, -0.25) is 4.79 Å². The van der Waals surface area contributed by atoms with Crippen LogP contribution in [0.4, 0.5) is 13.2 Å². The van der Waals surface area contributed by atoms with E-state index in [1.54, 1.807) is 17.4 Å². The number of benzene rings is 1. The molecular weight excluding hydrogens is 249 g/mol. The first-order valence-corrected chi connectivity index (χ1v) is 5.16. The van der Waals surface area contributed by atoms with Crippen molar-refractivity contribution in [3.8, 4) is 5.75 Å². The third-order valence-electron chi connectivity index (χ3n) is 2.19. The van der Waals surface area contributed by atoms with Gasteiger partial charge in [-0.2, -0.15) is 13.2 Å². The predicted octanol–water partition coefficient (Wildman–Crippen LogP) is 0.940. The van der Waals surface area contributed by atoms with Gasteiger partial charge in [0.15, 0.2) is 0 Å². The Labute approximate surface area is 102 Å². The Balaban J connectivity index is 2.47. The molecule has 1 aromatic carbocycles. The van der Waals surface area contributed by atoms with Crippen molar-refractivity contribution in [1.82, 2.24) is 5.32 Å². The lowest BCUT2D eigenvalue weighted by Crippen LogP contribution is -2.45. The molecule has 100 valence electrons. The van der Waals surface area contributed by atoms with Gasteiger partial charge in [-0.05, 0) is 24.1 Å². The van der Waals surface area contributed by atoms with Crippen LogP contribution in [0.2, 0.25) is 0 Å². The zero-order valence-electron chi connectivity index (χ0n) is 9.37. The van der Waals surface area contributed by atoms with Crippen LogP contribution < -0.4 is 11.1 Å². The Bertz CT molecular complexity index is 404. The Kier molecular flexibility index (Phi) is 4.55. The first-order valence-electron chi connectivity index (χ1n) is 5.16. The summed E-state index contributed by atoms with van der Waals surface area (Å²) in [5, 5.41) is 10.8. The maximum absolute atomic E-state index is 11.9. The minimum atomic E-state index is -4.45. The average molecular weight is 262 g/mol. The molecule has 1 rings (SSSR count). The summed E-state index contributed by atoms with van der Waals surface area (Å²) in [6.45, 7) is -1.39. The van der Waals surface area contributed by atoms with E-state index in [0.717, 1.165) is 0 Å². The molecule has 1 atom stereocenters. The van der Waals surface area contributed by atoms with Crippen LogP contribution in [0.25, 0.3) is 0 Å². The summed E-state index contributed by atoms with van der Waals surface area (Å²) in [6.07, 6.45) is -4.35. The van der Waals surface area contributed by atoms with Gasteiger partial charge in [-0.1, -0.05) is 12.1 Å². The monoisotopic (exact) mass is 262 g/mol. The van der Waals surface area contributed by atoms with E-state index < -0.39 is 24.7 Å². The number of halogens is 3. The average Bonchev–Trinajstić information content (AvgIpc) is 2.28. The van der Waals surface area contributed by atoms with Crippen molar-refractivity contribution in [3.05, 3.63) is 29.8 Å². The van der Waals surface area contributed by atoms with Crippen LogP contribution in [0.5, 0.6) is 5.75 Å². The molecule has 18 heavy (non-hydrogen) atoms. The summed E-state index contributed by atoms with van der Waals surface area (Å²) in [6, 6.07) is 4.86. The van der Waals surface area contributed by atoms with Crippen molar-refractivity contribution in [3.63, 3.8) is 0 Å². The SMILES string of the molecule is N[C@@H](Cc1ccc(O)cc1)C(=O)NCC(F)(F)F. The molecule has 1 aromatic rings. The van der Waals surface area contributed by atoms with Gasteiger partial charge in [0.05, 0.1) is 6.04 Å². The second kappa shape index (κ2) is 5.72. The summed E-state index contributed by atoms with van der Waals surface area (Å²) in [7, 11) is 0. The quantitative estimate of drug-likeness (QED) is 0.756. The van der Waals surface area contributed by atoms with Crippen LogP contribution in [-0.4, -0.2) is 29.8 Å². The first-order chi connectivity index (χ1) is 8.28. The molecule has 0 aromatic heterocycles. The molecule has 0 spiro atoms. The van der Waals surface area contributed by atoms with Gasteiger partial charge >= 0.3 is 6.18 Å². The molecule has 4 nitrogen and oxygen atoms in total. The standard InChI is InChI=1S/C11H13F3N2O2/c12-11(13,14)6-16-10(18)9(15)5-7-1-3-8(17)4-2-7/h1-4,9,17H,5-6,15H2,(H,16,18)/t9-/m0/s1. The molecule has 0 aliphatic rings. The lowest BCUT2D eigenvalue weighted by atomic mass is 10.1. The highest BCUT2D eigenvalue weighted by Crippen LogP contribution is 2.13. The molecular formula is C11H13F3N2O2. The van der Waals surface area contributed by atoms with Gasteiger partial charge in [0.1, 0.15) is 12.3 Å². The Hall–Kier alpha value is -1.76. The Morgan fingerprint density at radius 3 is 2.39 bits per heavy atom. The highest BCUT2D eigenvalue weighted by Gasteiger charge is 2.28. The fourth-order valence-electron chi connectivity index (χ4n) is 1.30. The summed E-state index contributed by atoms with van der Waals surface area (Å²) >= 11 is 0. The number of amides is 1. The summed E-state index contributed by atoms with van der Waals surface area (Å²) in [5.74, 6) is -0.797. The molecule has 0 radical (unpaired) electrons. The number of phenols is 1. The Morgan fingerprint density at radius 1 is 1.33 bits per heavy atom. The van der Waals surface area contributed by atoms with Crippen molar-refractivity contribution in [1.29, 1.82) is 0 Å². The van der Waals surface area contributed by atoms with Crippen LogP contribution in [0.3, 0.4) is 0 Å². The number of nitrogens with one attached hydrogen (secondary N) is 1. The fraction of sp³-hybridized carbons (Fsp3) is 0.364. The summed E-state index contributed by atoms with van der Waals surface area (Å²) < 4.78 is 35.6. The molecule has 0 aliphatic carbocycles. The third-order valence-corrected chi connectivity index (χ3v) is 2.19. The number of hydrogen-bond donors (Lipinski definition) is 3. The predicted molar refractivity (Wildman–Crippen MR) is 58.9 cm³/mol. The molecule has 0 unspecified atom stereocenters. The number of carbonyl (C=O) groups excluding carboxylic acids is 1. The van der Waals surface area contributed by atoms with Crippen LogP contribution >= 0.6 is 0 Å². The van der Waals surface area contributed by atoms with Crippen LogP contribution in [0, 0.1) is 0 Å². The maximum atomic E-state index is 11.9. The van der Waals surface area contributed by atoms with Crippen molar-refractivity contribution in [2.45, 2.75) is 18.6 Å². The summed E-state index contributed by atoms with van der Waals surface area (Å²) in [5.41, 5.74) is 6.13. The topological polar surface area (TPSA) is 75.3 Å². The third kappa shape index (κ3) is 5.05. The molecule has 4 N–H and O–H groups in total. The molecule has 0 bridgehead atoms. The smallest absolute Gasteiger partial charge is 0.405 e. The number of nitrogens with two attached hydrogens (primary N) is 1. The highest BCUT2D eigenvalue weighted by molar-refractivity contribution is 5.81. The van der Waals surface area contributed by atoms with E-state index in [4.69, 9.17) is 10.8 Å². The van der Waals surface area contributed by atoms with Gasteiger partial charge in [-0.25, -0.2) is 0 Å². The second-order valence-corrected chi connectivity index (χ2v) is 3.81. The number of phenolic OH excluding ortho intramolecular Hbond substituents is 1. The largest absolute Gasteiger partial charge is 0.508 e. The van der Waals surface area contributed by atoms with E-state index >= 15 is 0 Å². The van der Waals surface area contributed by atoms with Crippen molar-refractivity contribution < 1.29 is 23.1 Å². The molecule has 0 fully saturated rings. The molecule has 1 amide bonds. The van der Waals surface area contributed by atoms with Crippen LogP contribution in [0.1, 0.15) is 5.56 Å². The van der Waals surface area contributed by atoms with E-state index in [2.05, 4.69) is 0 Å². The van der Waals surface area contributed by atoms with Gasteiger partial charge in [0.2, 0.25) is 5.91 Å². The van der Waals surface area contributed by atoms with E-state index in [1.807, 2.05) is 0 Å². The van der Waals surface area contributed by atoms with Gasteiger partial charge in [0.25, 0.3) is 0 Å². The lowest BCUT2D eigenvalue weighted by molar-refractivity contribution is -0.139. The van der Waals surface area contributed by atoms with Crippen molar-refractivity contribution in [2.75, 3.05) is 6.54 Å². The summed E-state index contributed by atoms with van der Waals surface area (Å²) in [4.78, 5) is 11.3. The highest BCUT2D eigenvalue weighted by atomic mass is 19.4. The zero-order valence-corrected chi connectivity index (χ0v) is 9.37. The number of hydrogen-bond acceptors (Lipinski definition) is 3.